The highest BCUT2D eigenvalue weighted by molar-refractivity contribution is 6.34. The van der Waals surface area contributed by atoms with Gasteiger partial charge in [0.1, 0.15) is 12.4 Å². The van der Waals surface area contributed by atoms with E-state index < -0.39 is 0 Å². The maximum absolute atomic E-state index is 12.6. The van der Waals surface area contributed by atoms with Gasteiger partial charge in [-0.05, 0) is 42.0 Å². The summed E-state index contributed by atoms with van der Waals surface area (Å²) in [5, 5.41) is 0. The van der Waals surface area contributed by atoms with E-state index in [2.05, 4.69) is 0 Å². The number of imide groups is 1. The zero-order chi connectivity index (χ0) is 17.2. The number of para-hydroxylation sites is 1. The second-order valence-corrected chi connectivity index (χ2v) is 5.76. The van der Waals surface area contributed by atoms with Crippen LogP contribution < -0.4 is 9.64 Å². The van der Waals surface area contributed by atoms with Crippen LogP contribution in [0, 0.1) is 0 Å². The molecular formula is C21H15NO3. The molecule has 3 aromatic carbocycles. The molecule has 0 fully saturated rings. The van der Waals surface area contributed by atoms with Crippen LogP contribution in [0.4, 0.5) is 5.69 Å². The Balaban J connectivity index is 1.58. The zero-order valence-corrected chi connectivity index (χ0v) is 13.4. The van der Waals surface area contributed by atoms with Gasteiger partial charge in [-0.15, -0.1) is 0 Å². The number of carbonyl (C=O) groups excluding carboxylic acids is 2. The van der Waals surface area contributed by atoms with Crippen molar-refractivity contribution < 1.29 is 14.3 Å². The SMILES string of the molecule is O=C1c2ccccc2C(=O)N1c1cccc(COc2ccccc2)c1. The molecule has 1 heterocycles. The number of fused-ring (bicyclic) bond motifs is 1. The van der Waals surface area contributed by atoms with Gasteiger partial charge >= 0.3 is 0 Å². The van der Waals surface area contributed by atoms with Gasteiger partial charge in [0.2, 0.25) is 0 Å². The van der Waals surface area contributed by atoms with Gasteiger partial charge in [-0.2, -0.15) is 0 Å². The fourth-order valence-corrected chi connectivity index (χ4v) is 2.89. The van der Waals surface area contributed by atoms with Crippen LogP contribution in [0.2, 0.25) is 0 Å². The monoisotopic (exact) mass is 329 g/mol. The van der Waals surface area contributed by atoms with Crippen molar-refractivity contribution in [3.05, 3.63) is 95.6 Å². The molecule has 0 aliphatic carbocycles. The largest absolute Gasteiger partial charge is 0.489 e. The summed E-state index contributed by atoms with van der Waals surface area (Å²) in [6, 6.07) is 23.7. The molecule has 0 saturated carbocycles. The lowest BCUT2D eigenvalue weighted by Gasteiger charge is -2.15. The number of carbonyl (C=O) groups is 2. The first-order valence-electron chi connectivity index (χ1n) is 7.98. The average molecular weight is 329 g/mol. The summed E-state index contributed by atoms with van der Waals surface area (Å²) in [7, 11) is 0. The molecule has 122 valence electrons. The first-order chi connectivity index (χ1) is 12.2. The number of benzene rings is 3. The van der Waals surface area contributed by atoms with Gasteiger partial charge in [0, 0.05) is 0 Å². The Kier molecular flexibility index (Phi) is 3.78. The van der Waals surface area contributed by atoms with Crippen LogP contribution in [-0.4, -0.2) is 11.8 Å². The van der Waals surface area contributed by atoms with E-state index in [-0.39, 0.29) is 11.8 Å². The number of hydrogen-bond donors (Lipinski definition) is 0. The van der Waals surface area contributed by atoms with E-state index >= 15 is 0 Å². The summed E-state index contributed by atoms with van der Waals surface area (Å²) in [6.07, 6.45) is 0. The van der Waals surface area contributed by atoms with Crippen LogP contribution in [0.1, 0.15) is 26.3 Å². The van der Waals surface area contributed by atoms with E-state index in [1.54, 1.807) is 30.3 Å². The Bertz CT molecular complexity index is 915. The first-order valence-corrected chi connectivity index (χ1v) is 7.98. The van der Waals surface area contributed by atoms with E-state index in [1.165, 1.54) is 4.90 Å². The second kappa shape index (κ2) is 6.24. The highest BCUT2D eigenvalue weighted by Gasteiger charge is 2.36. The summed E-state index contributed by atoms with van der Waals surface area (Å²) >= 11 is 0. The third-order valence-electron chi connectivity index (χ3n) is 4.11. The van der Waals surface area contributed by atoms with Crippen molar-refractivity contribution in [2.45, 2.75) is 6.61 Å². The predicted octanol–water partition coefficient (Wildman–Crippen LogP) is 4.07. The number of rotatable bonds is 4. The molecular weight excluding hydrogens is 314 g/mol. The van der Waals surface area contributed by atoms with Crippen LogP contribution in [0.25, 0.3) is 0 Å². The standard InChI is InChI=1S/C21H15NO3/c23-20-18-11-4-5-12-19(18)21(24)22(20)16-8-6-7-15(13-16)14-25-17-9-2-1-3-10-17/h1-13H,14H2. The summed E-state index contributed by atoms with van der Waals surface area (Å²) in [4.78, 5) is 26.4. The summed E-state index contributed by atoms with van der Waals surface area (Å²) < 4.78 is 5.74. The van der Waals surface area contributed by atoms with Gasteiger partial charge in [-0.1, -0.05) is 42.5 Å². The molecule has 4 nitrogen and oxygen atoms in total. The molecule has 0 saturated heterocycles. The highest BCUT2D eigenvalue weighted by atomic mass is 16.5. The van der Waals surface area contributed by atoms with Gasteiger partial charge in [0.05, 0.1) is 16.8 Å². The van der Waals surface area contributed by atoms with E-state index in [4.69, 9.17) is 4.74 Å². The number of ether oxygens (including phenoxy) is 1. The van der Waals surface area contributed by atoms with Crippen LogP contribution in [-0.2, 0) is 6.61 Å². The molecule has 25 heavy (non-hydrogen) atoms. The molecule has 4 rings (SSSR count). The second-order valence-electron chi connectivity index (χ2n) is 5.76. The van der Waals surface area contributed by atoms with Gasteiger partial charge < -0.3 is 4.74 Å². The van der Waals surface area contributed by atoms with Crippen molar-refractivity contribution in [2.24, 2.45) is 0 Å². The molecule has 3 aromatic rings. The molecule has 0 unspecified atom stereocenters. The predicted molar refractivity (Wildman–Crippen MR) is 94.8 cm³/mol. The fourth-order valence-electron chi connectivity index (χ4n) is 2.89. The number of hydrogen-bond acceptors (Lipinski definition) is 3. The summed E-state index contributed by atoms with van der Waals surface area (Å²) in [6.45, 7) is 0.362. The molecule has 2 amide bonds. The Morgan fingerprint density at radius 1 is 0.720 bits per heavy atom. The van der Waals surface area contributed by atoms with Crippen molar-refractivity contribution in [3.63, 3.8) is 0 Å². The quantitative estimate of drug-likeness (QED) is 0.678. The molecule has 0 spiro atoms. The minimum absolute atomic E-state index is 0.290. The minimum Gasteiger partial charge on any atom is -0.489 e. The maximum atomic E-state index is 12.6. The molecule has 0 bridgehead atoms. The van der Waals surface area contributed by atoms with Crippen molar-refractivity contribution in [3.8, 4) is 5.75 Å². The van der Waals surface area contributed by atoms with Gasteiger partial charge in [-0.3, -0.25) is 9.59 Å². The van der Waals surface area contributed by atoms with Crippen molar-refractivity contribution in [1.82, 2.24) is 0 Å². The minimum atomic E-state index is -0.290. The molecule has 0 aromatic heterocycles. The van der Waals surface area contributed by atoms with Crippen LogP contribution in [0.3, 0.4) is 0 Å². The van der Waals surface area contributed by atoms with Gasteiger partial charge in [0.15, 0.2) is 0 Å². The number of anilines is 1. The number of amides is 2. The van der Waals surface area contributed by atoms with E-state index in [1.807, 2.05) is 48.5 Å². The van der Waals surface area contributed by atoms with Crippen LogP contribution >= 0.6 is 0 Å². The Labute approximate surface area is 145 Å². The maximum Gasteiger partial charge on any atom is 0.266 e. The Hall–Kier alpha value is -3.40. The summed E-state index contributed by atoms with van der Waals surface area (Å²) in [5.41, 5.74) is 2.33. The molecule has 4 heteroatoms. The van der Waals surface area contributed by atoms with E-state index in [0.29, 0.717) is 23.4 Å². The fraction of sp³-hybridized carbons (Fsp3) is 0.0476. The molecule has 0 atom stereocenters. The smallest absolute Gasteiger partial charge is 0.266 e. The van der Waals surface area contributed by atoms with Gasteiger partial charge in [-0.25, -0.2) is 4.90 Å². The topological polar surface area (TPSA) is 46.6 Å². The lowest BCUT2D eigenvalue weighted by molar-refractivity contribution is 0.0926. The third-order valence-corrected chi connectivity index (χ3v) is 4.11. The lowest BCUT2D eigenvalue weighted by Crippen LogP contribution is -2.29. The van der Waals surface area contributed by atoms with Crippen LogP contribution in [0.5, 0.6) is 5.75 Å². The van der Waals surface area contributed by atoms with Crippen molar-refractivity contribution in [1.29, 1.82) is 0 Å². The van der Waals surface area contributed by atoms with E-state index in [9.17, 15) is 9.59 Å². The van der Waals surface area contributed by atoms with Crippen molar-refractivity contribution in [2.75, 3.05) is 4.90 Å². The Morgan fingerprint density at radius 2 is 1.36 bits per heavy atom. The lowest BCUT2D eigenvalue weighted by atomic mass is 10.1. The zero-order valence-electron chi connectivity index (χ0n) is 13.4. The highest BCUT2D eigenvalue weighted by Crippen LogP contribution is 2.28. The first kappa shape index (κ1) is 15.1. The molecule has 1 aliphatic rings. The van der Waals surface area contributed by atoms with E-state index in [0.717, 1.165) is 11.3 Å². The van der Waals surface area contributed by atoms with Gasteiger partial charge in [0.25, 0.3) is 11.8 Å². The third kappa shape index (κ3) is 2.78. The van der Waals surface area contributed by atoms with Crippen LogP contribution in [0.15, 0.2) is 78.9 Å². The number of nitrogens with zero attached hydrogens (tertiary/aromatic N) is 1. The average Bonchev–Trinajstić information content (AvgIpc) is 2.92. The molecule has 0 N–H and O–H groups in total. The Morgan fingerprint density at radius 3 is 2.04 bits per heavy atom. The normalized spacial score (nSPS) is 13.0. The van der Waals surface area contributed by atoms with Crippen molar-refractivity contribution >= 4 is 17.5 Å². The molecule has 1 aliphatic heterocycles. The molecule has 0 radical (unpaired) electrons. The summed E-state index contributed by atoms with van der Waals surface area (Å²) in [5.74, 6) is 0.192.